The summed E-state index contributed by atoms with van der Waals surface area (Å²) < 4.78 is 4.47. The fourth-order valence-corrected chi connectivity index (χ4v) is 3.56. The number of rotatable bonds is 7. The molecule has 0 radical (unpaired) electrons. The smallest absolute Gasteiger partial charge is 0.199 e. The van der Waals surface area contributed by atoms with Crippen LogP contribution >= 0.6 is 23.8 Å². The fraction of sp³-hybridized carbons (Fsp3) is 0.364. The van der Waals surface area contributed by atoms with Gasteiger partial charge in [0.15, 0.2) is 10.6 Å². The highest BCUT2D eigenvalue weighted by Crippen LogP contribution is 2.26. The Morgan fingerprint density at radius 3 is 2.31 bits per heavy atom. The normalized spacial score (nSPS) is 11.4. The Hall–Kier alpha value is -2.15. The topological polar surface area (TPSA) is 29.2 Å². The monoisotopic (exact) mass is 429 g/mol. The summed E-state index contributed by atoms with van der Waals surface area (Å²) in [5.41, 5.74) is 3.34. The number of hydrogen-bond donors (Lipinski definition) is 0. The van der Waals surface area contributed by atoms with Crippen LogP contribution in [-0.2, 0) is 20.3 Å². The highest BCUT2D eigenvalue weighted by atomic mass is 35.5. The first-order chi connectivity index (χ1) is 13.8. The van der Waals surface area contributed by atoms with Crippen LogP contribution in [0.3, 0.4) is 0 Å². The third-order valence-electron chi connectivity index (χ3n) is 5.04. The van der Waals surface area contributed by atoms with Gasteiger partial charge in [-0.3, -0.25) is 4.90 Å². The van der Waals surface area contributed by atoms with Crippen LogP contribution < -0.4 is 4.90 Å². The summed E-state index contributed by atoms with van der Waals surface area (Å²) in [7, 11) is 6.04. The van der Waals surface area contributed by atoms with Gasteiger partial charge >= 0.3 is 0 Å². The minimum Gasteiger partial charge on any atom is -0.378 e. The third-order valence-corrected chi connectivity index (χ3v) is 5.85. The van der Waals surface area contributed by atoms with Crippen molar-refractivity contribution in [1.82, 2.24) is 19.2 Å². The minimum absolute atomic E-state index is 0.344. The van der Waals surface area contributed by atoms with Crippen molar-refractivity contribution in [2.75, 3.05) is 19.0 Å². The highest BCUT2D eigenvalue weighted by molar-refractivity contribution is 7.71. The Bertz CT molecular complexity index is 1020. The molecule has 154 valence electrons. The van der Waals surface area contributed by atoms with Crippen molar-refractivity contribution >= 4 is 29.5 Å². The van der Waals surface area contributed by atoms with Crippen LogP contribution in [0.25, 0.3) is 11.4 Å². The van der Waals surface area contributed by atoms with Gasteiger partial charge in [-0.15, -0.1) is 0 Å². The number of aromatic nitrogens is 3. The van der Waals surface area contributed by atoms with Gasteiger partial charge < -0.3 is 9.47 Å². The van der Waals surface area contributed by atoms with E-state index in [1.165, 1.54) is 11.3 Å². The van der Waals surface area contributed by atoms with Crippen molar-refractivity contribution in [3.05, 3.63) is 63.9 Å². The van der Waals surface area contributed by atoms with Gasteiger partial charge in [0.25, 0.3) is 0 Å². The van der Waals surface area contributed by atoms with E-state index in [1.54, 1.807) is 0 Å². The van der Waals surface area contributed by atoms with Gasteiger partial charge in [-0.25, -0.2) is 4.68 Å². The Morgan fingerprint density at radius 2 is 1.72 bits per heavy atom. The van der Waals surface area contributed by atoms with E-state index >= 15 is 0 Å². The second-order valence-corrected chi connectivity index (χ2v) is 8.46. The summed E-state index contributed by atoms with van der Waals surface area (Å²) in [5, 5.41) is 5.46. The average molecular weight is 430 g/mol. The molecule has 7 heteroatoms. The maximum Gasteiger partial charge on any atom is 0.199 e. The van der Waals surface area contributed by atoms with Crippen molar-refractivity contribution in [3.8, 4) is 11.4 Å². The zero-order chi connectivity index (χ0) is 21.1. The number of hydrogen-bond acceptors (Lipinski definition) is 4. The maximum atomic E-state index is 6.38. The first-order valence-electron chi connectivity index (χ1n) is 9.67. The number of benzene rings is 2. The predicted molar refractivity (Wildman–Crippen MR) is 124 cm³/mol. The average Bonchev–Trinajstić information content (AvgIpc) is 2.96. The van der Waals surface area contributed by atoms with Crippen molar-refractivity contribution in [1.29, 1.82) is 0 Å². The molecular weight excluding hydrogens is 402 g/mol. The predicted octanol–water partition coefficient (Wildman–Crippen LogP) is 5.21. The Labute approximate surface area is 183 Å². The van der Waals surface area contributed by atoms with Crippen molar-refractivity contribution in [2.45, 2.75) is 33.1 Å². The third kappa shape index (κ3) is 4.89. The van der Waals surface area contributed by atoms with Gasteiger partial charge in [0.05, 0.1) is 11.7 Å². The van der Waals surface area contributed by atoms with Crippen LogP contribution in [-0.4, -0.2) is 39.4 Å². The van der Waals surface area contributed by atoms with E-state index in [-0.39, 0.29) is 0 Å². The minimum atomic E-state index is 0.344. The van der Waals surface area contributed by atoms with Gasteiger partial charge in [-0.2, -0.15) is 5.10 Å². The van der Waals surface area contributed by atoms with Crippen LogP contribution in [0.15, 0.2) is 48.5 Å². The summed E-state index contributed by atoms with van der Waals surface area (Å²) >= 11 is 12.0. The van der Waals surface area contributed by atoms with Crippen molar-refractivity contribution < 1.29 is 0 Å². The molecule has 3 rings (SSSR count). The molecule has 0 unspecified atom stereocenters. The van der Waals surface area contributed by atoms with Crippen molar-refractivity contribution in [2.24, 2.45) is 7.05 Å². The SMILES string of the molecule is CC(C)N(Cc1ccc(N(C)C)cc1)Cn1nc(-c2ccccc2Cl)n(C)c1=S. The largest absolute Gasteiger partial charge is 0.378 e. The molecule has 0 aliphatic heterocycles. The lowest BCUT2D eigenvalue weighted by molar-refractivity contribution is 0.153. The maximum absolute atomic E-state index is 6.38. The van der Waals surface area contributed by atoms with Gasteiger partial charge in [0.1, 0.15) is 0 Å². The number of halogens is 1. The lowest BCUT2D eigenvalue weighted by Crippen LogP contribution is -2.33. The molecule has 1 heterocycles. The lowest BCUT2D eigenvalue weighted by atomic mass is 10.1. The summed E-state index contributed by atoms with van der Waals surface area (Å²) in [4.78, 5) is 4.46. The van der Waals surface area contributed by atoms with E-state index in [0.29, 0.717) is 22.5 Å². The van der Waals surface area contributed by atoms with Crippen LogP contribution in [0.5, 0.6) is 0 Å². The molecule has 0 spiro atoms. The molecule has 0 N–H and O–H groups in total. The van der Waals surface area contributed by atoms with Gasteiger partial charge in [-0.1, -0.05) is 35.9 Å². The van der Waals surface area contributed by atoms with Gasteiger partial charge in [0.2, 0.25) is 0 Å². The summed E-state index contributed by atoms with van der Waals surface area (Å²) in [5.74, 6) is 0.777. The molecule has 2 aromatic carbocycles. The molecule has 0 aliphatic rings. The lowest BCUT2D eigenvalue weighted by Gasteiger charge is -2.26. The zero-order valence-corrected chi connectivity index (χ0v) is 19.2. The van der Waals surface area contributed by atoms with Crippen LogP contribution in [0.4, 0.5) is 5.69 Å². The van der Waals surface area contributed by atoms with Crippen LogP contribution in [0, 0.1) is 4.77 Å². The fourth-order valence-electron chi connectivity index (χ4n) is 3.16. The summed E-state index contributed by atoms with van der Waals surface area (Å²) in [6, 6.07) is 16.7. The number of anilines is 1. The van der Waals surface area contributed by atoms with E-state index in [1.807, 2.05) is 40.6 Å². The molecule has 0 amide bonds. The second kappa shape index (κ2) is 9.11. The van der Waals surface area contributed by atoms with E-state index < -0.39 is 0 Å². The molecule has 0 saturated carbocycles. The van der Waals surface area contributed by atoms with Crippen molar-refractivity contribution in [3.63, 3.8) is 0 Å². The zero-order valence-electron chi connectivity index (χ0n) is 17.6. The number of nitrogens with zero attached hydrogens (tertiary/aromatic N) is 5. The molecule has 1 aromatic heterocycles. The van der Waals surface area contributed by atoms with Crippen LogP contribution in [0.1, 0.15) is 19.4 Å². The van der Waals surface area contributed by atoms with E-state index in [9.17, 15) is 0 Å². The second-order valence-electron chi connectivity index (χ2n) is 7.69. The molecule has 0 bridgehead atoms. The van der Waals surface area contributed by atoms with E-state index in [4.69, 9.17) is 28.9 Å². The molecule has 0 aliphatic carbocycles. The van der Waals surface area contributed by atoms with E-state index in [2.05, 4.69) is 62.0 Å². The first kappa shape index (κ1) is 21.6. The van der Waals surface area contributed by atoms with Crippen LogP contribution in [0.2, 0.25) is 5.02 Å². The van der Waals surface area contributed by atoms with Gasteiger partial charge in [-0.05, 0) is 55.9 Å². The first-order valence-corrected chi connectivity index (χ1v) is 10.5. The standard InChI is InChI=1S/C22H28ClN5S/c1-16(2)27(14-17-10-12-18(13-11-17)25(3)4)15-28-22(29)26(5)21(24-28)19-8-6-7-9-20(19)23/h6-13,16H,14-15H2,1-5H3. The molecule has 3 aromatic rings. The Balaban J connectivity index is 1.85. The Kier molecular flexibility index (Phi) is 6.77. The quantitative estimate of drug-likeness (QED) is 0.482. The Morgan fingerprint density at radius 1 is 1.07 bits per heavy atom. The molecule has 29 heavy (non-hydrogen) atoms. The van der Waals surface area contributed by atoms with Gasteiger partial charge in [0, 0.05) is 45.0 Å². The molecular formula is C22H28ClN5S. The summed E-state index contributed by atoms with van der Waals surface area (Å²) in [6.07, 6.45) is 0. The highest BCUT2D eigenvalue weighted by Gasteiger charge is 2.17. The molecule has 0 atom stereocenters. The molecule has 0 fully saturated rings. The molecule has 5 nitrogen and oxygen atoms in total. The molecule has 0 saturated heterocycles. The summed E-state index contributed by atoms with van der Waals surface area (Å²) in [6.45, 7) is 5.82. The van der Waals surface area contributed by atoms with E-state index in [0.717, 1.165) is 17.9 Å².